The van der Waals surface area contributed by atoms with Crippen molar-refractivity contribution in [3.63, 3.8) is 0 Å². The third kappa shape index (κ3) is 6.28. The zero-order chi connectivity index (χ0) is 23.3. The summed E-state index contributed by atoms with van der Waals surface area (Å²) in [5, 5.41) is 5.76. The molecule has 2 aromatic rings. The first-order valence-corrected chi connectivity index (χ1v) is 11.2. The molecule has 0 aliphatic heterocycles. The van der Waals surface area contributed by atoms with Crippen molar-refractivity contribution >= 4 is 33.2 Å². The monoisotopic (exact) mass is 446 g/mol. The number of sulfonamides is 1. The highest BCUT2D eigenvalue weighted by molar-refractivity contribution is 7.89. The lowest BCUT2D eigenvalue weighted by molar-refractivity contribution is -0.131. The number of amides is 2. The fraction of sp³-hybridized carbons (Fsp3) is 0.364. The molecule has 0 unspecified atom stereocenters. The predicted octanol–water partition coefficient (Wildman–Crippen LogP) is 2.37. The highest BCUT2D eigenvalue weighted by atomic mass is 32.2. The summed E-state index contributed by atoms with van der Waals surface area (Å²) < 4.78 is 26.1. The molecule has 0 aliphatic rings. The summed E-state index contributed by atoms with van der Waals surface area (Å²) in [4.78, 5) is 26.2. The minimum Gasteiger partial charge on any atom is -0.376 e. The Bertz CT molecular complexity index is 1060. The van der Waals surface area contributed by atoms with E-state index in [9.17, 15) is 18.0 Å². The molecule has 0 fully saturated rings. The molecule has 0 atom stereocenters. The Morgan fingerprint density at radius 3 is 2.16 bits per heavy atom. The quantitative estimate of drug-likeness (QED) is 0.649. The van der Waals surface area contributed by atoms with E-state index < -0.39 is 10.0 Å². The van der Waals surface area contributed by atoms with Crippen LogP contribution in [0.3, 0.4) is 0 Å². The summed E-state index contributed by atoms with van der Waals surface area (Å²) in [5.74, 6) is -0.595. The van der Waals surface area contributed by atoms with Crippen LogP contribution in [0.1, 0.15) is 16.7 Å². The number of aryl methyl sites for hydroxylation is 2. The van der Waals surface area contributed by atoms with E-state index in [4.69, 9.17) is 0 Å². The van der Waals surface area contributed by atoms with Gasteiger partial charge in [-0.05, 0) is 56.2 Å². The van der Waals surface area contributed by atoms with Crippen LogP contribution in [0.2, 0.25) is 0 Å². The molecule has 2 amide bonds. The van der Waals surface area contributed by atoms with Crippen LogP contribution < -0.4 is 10.6 Å². The van der Waals surface area contributed by atoms with E-state index in [-0.39, 0.29) is 29.8 Å². The Kier molecular flexibility index (Phi) is 7.80. The number of nitrogens with zero attached hydrogens (tertiary/aromatic N) is 2. The molecule has 168 valence electrons. The maximum atomic E-state index is 12.5. The minimum atomic E-state index is -3.60. The molecule has 0 aromatic heterocycles. The van der Waals surface area contributed by atoms with Gasteiger partial charge in [0.25, 0.3) is 0 Å². The molecule has 0 saturated heterocycles. The van der Waals surface area contributed by atoms with Crippen molar-refractivity contribution in [1.29, 1.82) is 0 Å². The van der Waals surface area contributed by atoms with Gasteiger partial charge in [0, 0.05) is 32.5 Å². The second-order valence-corrected chi connectivity index (χ2v) is 9.87. The van der Waals surface area contributed by atoms with Gasteiger partial charge < -0.3 is 15.5 Å². The summed E-state index contributed by atoms with van der Waals surface area (Å²) in [5.41, 5.74) is 3.96. The van der Waals surface area contributed by atoms with Crippen molar-refractivity contribution < 1.29 is 18.0 Å². The smallest absolute Gasteiger partial charge is 0.243 e. The van der Waals surface area contributed by atoms with Gasteiger partial charge >= 0.3 is 0 Å². The van der Waals surface area contributed by atoms with Crippen LogP contribution in [0.15, 0.2) is 41.3 Å². The predicted molar refractivity (Wildman–Crippen MR) is 123 cm³/mol. The molecule has 0 spiro atoms. The first-order valence-electron chi connectivity index (χ1n) is 9.80. The minimum absolute atomic E-state index is 0.0694. The number of carbonyl (C=O) groups is 2. The zero-order valence-corrected chi connectivity index (χ0v) is 19.6. The van der Waals surface area contributed by atoms with Gasteiger partial charge in [0.05, 0.1) is 18.0 Å². The molecule has 2 aromatic carbocycles. The molecule has 0 aliphatic carbocycles. The van der Waals surface area contributed by atoms with E-state index in [0.29, 0.717) is 11.4 Å². The van der Waals surface area contributed by atoms with Crippen molar-refractivity contribution in [2.75, 3.05) is 44.9 Å². The van der Waals surface area contributed by atoms with Gasteiger partial charge in [-0.15, -0.1) is 0 Å². The first kappa shape index (κ1) is 24.4. The van der Waals surface area contributed by atoms with Crippen molar-refractivity contribution in [2.24, 2.45) is 0 Å². The van der Waals surface area contributed by atoms with Gasteiger partial charge in [-0.2, -0.15) is 0 Å². The van der Waals surface area contributed by atoms with E-state index in [2.05, 4.69) is 10.6 Å². The van der Waals surface area contributed by atoms with Crippen LogP contribution >= 0.6 is 0 Å². The van der Waals surface area contributed by atoms with Crippen LogP contribution in [-0.4, -0.2) is 63.7 Å². The lowest BCUT2D eigenvalue weighted by Gasteiger charge is -2.19. The van der Waals surface area contributed by atoms with E-state index in [1.807, 2.05) is 32.9 Å². The zero-order valence-electron chi connectivity index (χ0n) is 18.8. The molecule has 0 radical (unpaired) electrons. The van der Waals surface area contributed by atoms with Crippen molar-refractivity contribution in [2.45, 2.75) is 25.7 Å². The molecule has 0 saturated carbocycles. The van der Waals surface area contributed by atoms with E-state index >= 15 is 0 Å². The number of hydrogen-bond donors (Lipinski definition) is 2. The van der Waals surface area contributed by atoms with Crippen LogP contribution in [0.5, 0.6) is 0 Å². The Morgan fingerprint density at radius 1 is 0.968 bits per heavy atom. The number of benzene rings is 2. The van der Waals surface area contributed by atoms with E-state index in [1.54, 1.807) is 25.2 Å². The van der Waals surface area contributed by atoms with E-state index in [1.165, 1.54) is 25.1 Å². The van der Waals surface area contributed by atoms with Gasteiger partial charge in [0.1, 0.15) is 0 Å². The Morgan fingerprint density at radius 2 is 1.58 bits per heavy atom. The van der Waals surface area contributed by atoms with Crippen LogP contribution in [-0.2, 0) is 19.6 Å². The molecule has 9 heteroatoms. The maximum absolute atomic E-state index is 12.5. The van der Waals surface area contributed by atoms with Crippen molar-refractivity contribution in [3.05, 3.63) is 53.1 Å². The molecule has 2 rings (SSSR count). The van der Waals surface area contributed by atoms with Crippen LogP contribution in [0.25, 0.3) is 0 Å². The first-order chi connectivity index (χ1) is 14.4. The third-order valence-corrected chi connectivity index (χ3v) is 6.78. The summed E-state index contributed by atoms with van der Waals surface area (Å²) in [6.07, 6.45) is 0. The van der Waals surface area contributed by atoms with Crippen molar-refractivity contribution in [3.8, 4) is 0 Å². The summed E-state index contributed by atoms with van der Waals surface area (Å²) in [6.45, 7) is 5.47. The fourth-order valence-corrected chi connectivity index (χ4v) is 3.83. The highest BCUT2D eigenvalue weighted by Crippen LogP contribution is 2.25. The second kappa shape index (κ2) is 9.93. The van der Waals surface area contributed by atoms with E-state index in [0.717, 1.165) is 21.0 Å². The maximum Gasteiger partial charge on any atom is 0.243 e. The van der Waals surface area contributed by atoms with Gasteiger partial charge in [-0.1, -0.05) is 17.7 Å². The lowest BCUT2D eigenvalue weighted by atomic mass is 10.1. The Labute approximate surface area is 184 Å². The normalized spacial score (nSPS) is 11.3. The van der Waals surface area contributed by atoms with Gasteiger partial charge in [-0.3, -0.25) is 9.59 Å². The molecular formula is C22H30N4O4S. The third-order valence-electron chi connectivity index (χ3n) is 4.99. The molecule has 31 heavy (non-hydrogen) atoms. The number of hydrogen-bond acceptors (Lipinski definition) is 5. The van der Waals surface area contributed by atoms with Gasteiger partial charge in [0.2, 0.25) is 21.8 Å². The Hall–Kier alpha value is -2.91. The molecule has 0 heterocycles. The summed E-state index contributed by atoms with van der Waals surface area (Å²) in [7, 11) is 0.889. The SMILES string of the molecule is Cc1ccc(NC(=O)CN(C)C(=O)CNc2cc(S(=O)(=O)N(C)C)cc(C)c2C)cc1. The highest BCUT2D eigenvalue weighted by Gasteiger charge is 2.20. The largest absolute Gasteiger partial charge is 0.376 e. The second-order valence-electron chi connectivity index (χ2n) is 7.72. The van der Waals surface area contributed by atoms with Crippen LogP contribution in [0, 0.1) is 20.8 Å². The number of rotatable bonds is 8. The number of likely N-dealkylation sites (N-methyl/N-ethyl adjacent to an activating group) is 1. The van der Waals surface area contributed by atoms with Crippen LogP contribution in [0.4, 0.5) is 11.4 Å². The number of anilines is 2. The standard InChI is InChI=1S/C22H30N4O4S/c1-15-7-9-18(10-8-15)24-21(27)14-26(6)22(28)13-23-20-12-19(11-16(2)17(20)3)31(29,30)25(4)5/h7-12,23H,13-14H2,1-6H3,(H,24,27). The average Bonchev–Trinajstić information content (AvgIpc) is 2.70. The molecule has 8 nitrogen and oxygen atoms in total. The molecule has 2 N–H and O–H groups in total. The van der Waals surface area contributed by atoms with Crippen molar-refractivity contribution in [1.82, 2.24) is 9.21 Å². The summed E-state index contributed by atoms with van der Waals surface area (Å²) in [6, 6.07) is 10.5. The number of nitrogens with one attached hydrogen (secondary N) is 2. The number of carbonyl (C=O) groups excluding carboxylic acids is 2. The Balaban J connectivity index is 2.02. The molecular weight excluding hydrogens is 416 g/mol. The topological polar surface area (TPSA) is 98.8 Å². The average molecular weight is 447 g/mol. The fourth-order valence-electron chi connectivity index (χ4n) is 2.82. The van der Waals surface area contributed by atoms with Gasteiger partial charge in [-0.25, -0.2) is 12.7 Å². The summed E-state index contributed by atoms with van der Waals surface area (Å²) >= 11 is 0. The lowest BCUT2D eigenvalue weighted by Crippen LogP contribution is -2.38. The molecule has 0 bridgehead atoms. The van der Waals surface area contributed by atoms with Gasteiger partial charge in [0.15, 0.2) is 0 Å².